The maximum Gasteiger partial charge on any atom is 0.264 e. The van der Waals surface area contributed by atoms with Gasteiger partial charge < -0.3 is 20.1 Å². The van der Waals surface area contributed by atoms with E-state index in [9.17, 15) is 14.4 Å². The summed E-state index contributed by atoms with van der Waals surface area (Å²) in [4.78, 5) is 50.7. The Kier molecular flexibility index (Phi) is 6.52. The van der Waals surface area contributed by atoms with Crippen LogP contribution in [0.2, 0.25) is 0 Å². The van der Waals surface area contributed by atoms with Crippen molar-refractivity contribution in [2.75, 3.05) is 38.9 Å². The van der Waals surface area contributed by atoms with E-state index in [1.54, 1.807) is 14.1 Å². The predicted molar refractivity (Wildman–Crippen MR) is 117 cm³/mol. The van der Waals surface area contributed by atoms with E-state index in [0.29, 0.717) is 0 Å². The van der Waals surface area contributed by atoms with Crippen molar-refractivity contribution in [3.8, 4) is 11.5 Å². The Morgan fingerprint density at radius 3 is 2.56 bits per heavy atom. The third kappa shape index (κ3) is 4.43. The van der Waals surface area contributed by atoms with Gasteiger partial charge in [0, 0.05) is 39.6 Å². The highest BCUT2D eigenvalue weighted by Gasteiger charge is 2.21. The molecule has 12 nitrogen and oxygen atoms in total. The first kappa shape index (κ1) is 22.5. The van der Waals surface area contributed by atoms with E-state index in [4.69, 9.17) is 15.2 Å². The number of aromatic nitrogens is 4. The molecule has 0 aliphatic rings. The SMILES string of the molecule is COc1c(OCCC(=O)N(C)C)cc(N)c2c(=O)n(C)c(NC(=O)c3cncnc3)nc12. The standard InChI is InChI=1S/C20H23N7O5/c1-26(2)14(28)5-6-32-13-7-12(21)15-16(17(13)31-4)24-20(27(3)19(15)30)25-18(29)11-8-22-10-23-9-11/h7-10H,5-6,21H2,1-4H3,(H,24,25,29). The Bertz CT molecular complexity index is 1220. The highest BCUT2D eigenvalue weighted by Crippen LogP contribution is 2.37. The number of anilines is 2. The maximum atomic E-state index is 13.0. The van der Waals surface area contributed by atoms with Gasteiger partial charge in [-0.15, -0.1) is 0 Å². The van der Waals surface area contributed by atoms with E-state index in [-0.39, 0.29) is 58.5 Å². The molecule has 0 saturated heterocycles. The summed E-state index contributed by atoms with van der Waals surface area (Å²) in [5, 5.41) is 2.68. The number of carbonyl (C=O) groups excluding carboxylic acids is 2. The van der Waals surface area contributed by atoms with E-state index >= 15 is 0 Å². The third-order valence-electron chi connectivity index (χ3n) is 4.63. The lowest BCUT2D eigenvalue weighted by atomic mass is 10.1. The summed E-state index contributed by atoms with van der Waals surface area (Å²) in [6.45, 7) is 0.0702. The minimum atomic E-state index is -0.547. The predicted octanol–water partition coefficient (Wildman–Crippen LogP) is 0.424. The van der Waals surface area contributed by atoms with Crippen molar-refractivity contribution < 1.29 is 19.1 Å². The molecular formula is C20H23N7O5. The van der Waals surface area contributed by atoms with E-state index in [1.165, 1.54) is 43.8 Å². The summed E-state index contributed by atoms with van der Waals surface area (Å²) in [5.41, 5.74) is 6.05. The first-order chi connectivity index (χ1) is 15.2. The molecule has 2 heterocycles. The molecule has 0 fully saturated rings. The molecule has 0 radical (unpaired) electrons. The Hall–Kier alpha value is -4.22. The van der Waals surface area contributed by atoms with Crippen molar-refractivity contribution in [1.82, 2.24) is 24.4 Å². The summed E-state index contributed by atoms with van der Waals surface area (Å²) in [6, 6.07) is 1.45. The number of methoxy groups -OCH3 is 1. The van der Waals surface area contributed by atoms with Crippen LogP contribution < -0.4 is 26.1 Å². The molecule has 12 heteroatoms. The average Bonchev–Trinajstić information content (AvgIpc) is 2.77. The minimum Gasteiger partial charge on any atom is -0.491 e. The molecule has 3 N–H and O–H groups in total. The highest BCUT2D eigenvalue weighted by molar-refractivity contribution is 6.04. The number of rotatable bonds is 7. The zero-order chi connectivity index (χ0) is 23.4. The molecule has 2 amide bonds. The van der Waals surface area contributed by atoms with E-state index in [1.807, 2.05) is 0 Å². The lowest BCUT2D eigenvalue weighted by Gasteiger charge is -2.17. The molecule has 32 heavy (non-hydrogen) atoms. The van der Waals surface area contributed by atoms with Crippen molar-refractivity contribution in [2.24, 2.45) is 7.05 Å². The molecule has 0 aliphatic carbocycles. The number of nitrogen functional groups attached to an aromatic ring is 1. The number of nitrogens with one attached hydrogen (secondary N) is 1. The summed E-state index contributed by atoms with van der Waals surface area (Å²) in [6.07, 6.45) is 4.10. The van der Waals surface area contributed by atoms with Crippen LogP contribution in [0, 0.1) is 0 Å². The largest absolute Gasteiger partial charge is 0.491 e. The van der Waals surface area contributed by atoms with Crippen LogP contribution in [0.4, 0.5) is 11.6 Å². The van der Waals surface area contributed by atoms with Crippen molar-refractivity contribution in [3.05, 3.63) is 40.7 Å². The number of amides is 2. The van der Waals surface area contributed by atoms with E-state index < -0.39 is 11.5 Å². The molecule has 0 bridgehead atoms. The number of carbonyl (C=O) groups is 2. The lowest BCUT2D eigenvalue weighted by Crippen LogP contribution is -2.26. The van der Waals surface area contributed by atoms with Gasteiger partial charge in [0.2, 0.25) is 11.9 Å². The number of nitrogens with zero attached hydrogens (tertiary/aromatic N) is 5. The highest BCUT2D eigenvalue weighted by atomic mass is 16.5. The van der Waals surface area contributed by atoms with Gasteiger partial charge in [-0.2, -0.15) is 0 Å². The second-order valence-corrected chi connectivity index (χ2v) is 6.99. The molecule has 2 aromatic heterocycles. The van der Waals surface area contributed by atoms with Crippen LogP contribution in [0.15, 0.2) is 29.6 Å². The first-order valence-electron chi connectivity index (χ1n) is 9.51. The molecule has 0 saturated carbocycles. The minimum absolute atomic E-state index is 0.0333. The number of hydrogen-bond acceptors (Lipinski definition) is 9. The summed E-state index contributed by atoms with van der Waals surface area (Å²) in [7, 11) is 6.14. The molecule has 168 valence electrons. The first-order valence-corrected chi connectivity index (χ1v) is 9.51. The van der Waals surface area contributed by atoms with Crippen LogP contribution in [-0.2, 0) is 11.8 Å². The smallest absolute Gasteiger partial charge is 0.264 e. The maximum absolute atomic E-state index is 13.0. The summed E-state index contributed by atoms with van der Waals surface area (Å²) in [5.74, 6) is -0.316. The van der Waals surface area contributed by atoms with E-state index in [0.717, 1.165) is 4.57 Å². The fourth-order valence-electron chi connectivity index (χ4n) is 2.90. The van der Waals surface area contributed by atoms with Gasteiger partial charge in [-0.1, -0.05) is 0 Å². The number of hydrogen-bond donors (Lipinski definition) is 2. The van der Waals surface area contributed by atoms with Gasteiger partial charge in [0.25, 0.3) is 11.5 Å². The van der Waals surface area contributed by atoms with Crippen LogP contribution in [0.1, 0.15) is 16.8 Å². The van der Waals surface area contributed by atoms with Crippen LogP contribution in [0.25, 0.3) is 10.9 Å². The van der Waals surface area contributed by atoms with Crippen molar-refractivity contribution in [3.63, 3.8) is 0 Å². The average molecular weight is 441 g/mol. The van der Waals surface area contributed by atoms with Gasteiger partial charge in [0.15, 0.2) is 11.5 Å². The molecule has 3 aromatic rings. The Morgan fingerprint density at radius 2 is 1.94 bits per heavy atom. The Morgan fingerprint density at radius 1 is 1.25 bits per heavy atom. The number of fused-ring (bicyclic) bond motifs is 1. The molecule has 0 unspecified atom stereocenters. The Labute approximate surface area is 183 Å². The Balaban J connectivity index is 2.03. The van der Waals surface area contributed by atoms with Gasteiger partial charge in [-0.25, -0.2) is 15.0 Å². The van der Waals surface area contributed by atoms with Crippen LogP contribution in [0.5, 0.6) is 11.5 Å². The van der Waals surface area contributed by atoms with Crippen molar-refractivity contribution in [2.45, 2.75) is 6.42 Å². The fourth-order valence-corrected chi connectivity index (χ4v) is 2.90. The zero-order valence-electron chi connectivity index (χ0n) is 18.1. The van der Waals surface area contributed by atoms with Crippen LogP contribution >= 0.6 is 0 Å². The third-order valence-corrected chi connectivity index (χ3v) is 4.63. The van der Waals surface area contributed by atoms with Gasteiger partial charge in [-0.05, 0) is 0 Å². The lowest BCUT2D eigenvalue weighted by molar-refractivity contribution is -0.129. The van der Waals surface area contributed by atoms with Crippen LogP contribution in [0.3, 0.4) is 0 Å². The normalized spacial score (nSPS) is 10.6. The fraction of sp³-hybridized carbons (Fsp3) is 0.300. The topological polar surface area (TPSA) is 155 Å². The number of benzene rings is 1. The van der Waals surface area contributed by atoms with Gasteiger partial charge in [0.1, 0.15) is 11.8 Å². The monoisotopic (exact) mass is 441 g/mol. The van der Waals surface area contributed by atoms with Crippen LogP contribution in [-0.4, -0.2) is 64.0 Å². The molecule has 1 aromatic carbocycles. The quantitative estimate of drug-likeness (QED) is 0.496. The molecule has 0 atom stereocenters. The molecule has 0 aliphatic heterocycles. The van der Waals surface area contributed by atoms with E-state index in [2.05, 4.69) is 20.3 Å². The molecular weight excluding hydrogens is 418 g/mol. The zero-order valence-corrected chi connectivity index (χ0v) is 18.1. The number of nitrogens with two attached hydrogens (primary N) is 1. The summed E-state index contributed by atoms with van der Waals surface area (Å²) >= 11 is 0. The second-order valence-electron chi connectivity index (χ2n) is 6.99. The van der Waals surface area contributed by atoms with Crippen molar-refractivity contribution >= 4 is 34.4 Å². The second kappa shape index (κ2) is 9.29. The van der Waals surface area contributed by atoms with Gasteiger partial charge >= 0.3 is 0 Å². The number of ether oxygens (including phenoxy) is 2. The van der Waals surface area contributed by atoms with Gasteiger partial charge in [-0.3, -0.25) is 24.3 Å². The van der Waals surface area contributed by atoms with Crippen molar-refractivity contribution in [1.29, 1.82) is 0 Å². The summed E-state index contributed by atoms with van der Waals surface area (Å²) < 4.78 is 12.3. The molecule has 0 spiro atoms. The molecule has 3 rings (SSSR count). The van der Waals surface area contributed by atoms with Gasteiger partial charge in [0.05, 0.1) is 36.8 Å².